The van der Waals surface area contributed by atoms with E-state index in [0.29, 0.717) is 0 Å². The third-order valence-electron chi connectivity index (χ3n) is 3.14. The maximum atomic E-state index is 3.58. The first-order chi connectivity index (χ1) is 7.75. The molecule has 0 unspecified atom stereocenters. The number of hydrogen-bond donors (Lipinski definition) is 1. The molecule has 0 radical (unpaired) electrons. The van der Waals surface area contributed by atoms with Gasteiger partial charge < -0.3 is 5.32 Å². The van der Waals surface area contributed by atoms with E-state index in [1.165, 1.54) is 54.2 Å². The molecule has 1 saturated carbocycles. The summed E-state index contributed by atoms with van der Waals surface area (Å²) in [6.07, 6.45) is 6.57. The van der Waals surface area contributed by atoms with Gasteiger partial charge in [-0.2, -0.15) is 0 Å². The Kier molecular flexibility index (Phi) is 4.42. The summed E-state index contributed by atoms with van der Waals surface area (Å²) < 4.78 is 1.24. The zero-order valence-electron chi connectivity index (χ0n) is 9.93. The maximum absolute atomic E-state index is 3.58. The summed E-state index contributed by atoms with van der Waals surface area (Å²) >= 11 is 3.58. The number of halogens is 1. The van der Waals surface area contributed by atoms with Crippen molar-refractivity contribution in [1.82, 2.24) is 5.32 Å². The third kappa shape index (κ3) is 3.91. The minimum absolute atomic E-state index is 0.855. The summed E-state index contributed by atoms with van der Waals surface area (Å²) in [7, 11) is 0. The predicted octanol–water partition coefficient (Wildman–Crippen LogP) is 3.83. The van der Waals surface area contributed by atoms with Gasteiger partial charge >= 0.3 is 0 Å². The Morgan fingerprint density at radius 2 is 2.12 bits per heavy atom. The van der Waals surface area contributed by atoms with Gasteiger partial charge in [-0.1, -0.05) is 28.1 Å². The molecule has 1 aromatic rings. The minimum Gasteiger partial charge on any atom is -0.314 e. The fourth-order valence-electron chi connectivity index (χ4n) is 1.84. The molecule has 0 amide bonds. The molecular formula is C14H20BrN. The van der Waals surface area contributed by atoms with Crippen LogP contribution in [0.4, 0.5) is 0 Å². The molecular weight excluding hydrogens is 262 g/mol. The van der Waals surface area contributed by atoms with Gasteiger partial charge in [0, 0.05) is 10.5 Å². The summed E-state index contributed by atoms with van der Waals surface area (Å²) in [5.74, 6) is 0. The van der Waals surface area contributed by atoms with Gasteiger partial charge in [-0.3, -0.25) is 0 Å². The number of rotatable bonds is 6. The Labute approximate surface area is 107 Å². The largest absolute Gasteiger partial charge is 0.314 e. The average molecular weight is 282 g/mol. The predicted molar refractivity (Wildman–Crippen MR) is 72.8 cm³/mol. The van der Waals surface area contributed by atoms with Crippen LogP contribution in [0, 0.1) is 6.92 Å². The van der Waals surface area contributed by atoms with Crippen LogP contribution in [0.2, 0.25) is 0 Å². The number of nitrogens with one attached hydrogen (secondary N) is 1. The molecule has 0 saturated heterocycles. The summed E-state index contributed by atoms with van der Waals surface area (Å²) in [5.41, 5.74) is 2.77. The molecule has 2 rings (SSSR count). The van der Waals surface area contributed by atoms with E-state index in [-0.39, 0.29) is 0 Å². The van der Waals surface area contributed by atoms with Crippen LogP contribution in [0.5, 0.6) is 0 Å². The molecule has 1 fully saturated rings. The minimum atomic E-state index is 0.855. The quantitative estimate of drug-likeness (QED) is 0.782. The van der Waals surface area contributed by atoms with E-state index in [2.05, 4.69) is 46.4 Å². The summed E-state index contributed by atoms with van der Waals surface area (Å²) in [6.45, 7) is 3.32. The van der Waals surface area contributed by atoms with Crippen molar-refractivity contribution in [3.8, 4) is 0 Å². The topological polar surface area (TPSA) is 12.0 Å². The van der Waals surface area contributed by atoms with Crippen molar-refractivity contribution < 1.29 is 0 Å². The van der Waals surface area contributed by atoms with E-state index in [9.17, 15) is 0 Å². The van der Waals surface area contributed by atoms with Crippen molar-refractivity contribution in [1.29, 1.82) is 0 Å². The van der Waals surface area contributed by atoms with Crippen molar-refractivity contribution in [3.63, 3.8) is 0 Å². The van der Waals surface area contributed by atoms with E-state index in [4.69, 9.17) is 0 Å². The number of hydrogen-bond acceptors (Lipinski definition) is 1. The smallest absolute Gasteiger partial charge is 0.0207 e. The van der Waals surface area contributed by atoms with E-state index >= 15 is 0 Å². The van der Waals surface area contributed by atoms with Gasteiger partial charge in [0.05, 0.1) is 0 Å². The first kappa shape index (κ1) is 12.1. The van der Waals surface area contributed by atoms with Crippen LogP contribution in [0.3, 0.4) is 0 Å². The Morgan fingerprint density at radius 1 is 1.31 bits per heavy atom. The first-order valence-corrected chi connectivity index (χ1v) is 7.03. The summed E-state index contributed by atoms with van der Waals surface area (Å²) in [5, 5.41) is 3.55. The Hall–Kier alpha value is -0.340. The second-order valence-electron chi connectivity index (χ2n) is 4.77. The van der Waals surface area contributed by atoms with Gasteiger partial charge in [0.15, 0.2) is 0 Å². The van der Waals surface area contributed by atoms with Crippen LogP contribution in [-0.4, -0.2) is 12.6 Å². The van der Waals surface area contributed by atoms with Gasteiger partial charge in [0.1, 0.15) is 0 Å². The van der Waals surface area contributed by atoms with Crippen molar-refractivity contribution in [2.75, 3.05) is 6.54 Å². The molecule has 0 aromatic heterocycles. The highest BCUT2D eigenvalue weighted by Gasteiger charge is 2.19. The summed E-state index contributed by atoms with van der Waals surface area (Å²) in [4.78, 5) is 0. The van der Waals surface area contributed by atoms with Crippen molar-refractivity contribution in [2.24, 2.45) is 0 Å². The van der Waals surface area contributed by atoms with Crippen LogP contribution < -0.4 is 5.32 Å². The Morgan fingerprint density at radius 3 is 2.81 bits per heavy atom. The van der Waals surface area contributed by atoms with Gasteiger partial charge in [-0.05, 0) is 62.8 Å². The number of aryl methyl sites for hydroxylation is 2. The molecule has 1 aromatic carbocycles. The molecule has 0 spiro atoms. The lowest BCUT2D eigenvalue weighted by atomic mass is 10.1. The second kappa shape index (κ2) is 5.83. The zero-order chi connectivity index (χ0) is 11.4. The second-order valence-corrected chi connectivity index (χ2v) is 5.62. The van der Waals surface area contributed by atoms with Crippen LogP contribution >= 0.6 is 15.9 Å². The van der Waals surface area contributed by atoms with E-state index in [1.54, 1.807) is 0 Å². The summed E-state index contributed by atoms with van der Waals surface area (Å²) in [6, 6.07) is 7.55. The molecule has 1 aliphatic rings. The van der Waals surface area contributed by atoms with Crippen LogP contribution in [0.1, 0.15) is 36.8 Å². The van der Waals surface area contributed by atoms with Crippen LogP contribution in [-0.2, 0) is 6.42 Å². The SMILES string of the molecule is Cc1ccc(CCCCNC2CC2)cc1Br. The third-order valence-corrected chi connectivity index (χ3v) is 3.99. The lowest BCUT2D eigenvalue weighted by Crippen LogP contribution is -2.17. The molecule has 1 N–H and O–H groups in total. The van der Waals surface area contributed by atoms with Crippen molar-refractivity contribution >= 4 is 15.9 Å². The van der Waals surface area contributed by atoms with Crippen molar-refractivity contribution in [2.45, 2.75) is 45.1 Å². The van der Waals surface area contributed by atoms with Gasteiger partial charge in [0.25, 0.3) is 0 Å². The fraction of sp³-hybridized carbons (Fsp3) is 0.571. The monoisotopic (exact) mass is 281 g/mol. The Balaban J connectivity index is 1.65. The molecule has 88 valence electrons. The molecule has 0 bridgehead atoms. The molecule has 2 heteroatoms. The van der Waals surface area contributed by atoms with Crippen molar-refractivity contribution in [3.05, 3.63) is 33.8 Å². The van der Waals surface area contributed by atoms with Gasteiger partial charge in [0.2, 0.25) is 0 Å². The highest BCUT2D eigenvalue weighted by Crippen LogP contribution is 2.19. The molecule has 1 nitrogen and oxygen atoms in total. The highest BCUT2D eigenvalue weighted by atomic mass is 79.9. The molecule has 0 heterocycles. The highest BCUT2D eigenvalue weighted by molar-refractivity contribution is 9.10. The Bertz CT molecular complexity index is 345. The first-order valence-electron chi connectivity index (χ1n) is 6.24. The number of unbranched alkanes of at least 4 members (excludes halogenated alkanes) is 1. The standard InChI is InChI=1S/C14H20BrN/c1-11-5-6-12(10-14(11)15)4-2-3-9-16-13-7-8-13/h5-6,10,13,16H,2-4,7-9H2,1H3. The molecule has 0 aliphatic heterocycles. The zero-order valence-corrected chi connectivity index (χ0v) is 11.5. The van der Waals surface area contributed by atoms with Gasteiger partial charge in [-0.15, -0.1) is 0 Å². The lowest BCUT2D eigenvalue weighted by Gasteiger charge is -2.05. The van der Waals surface area contributed by atoms with Crippen LogP contribution in [0.15, 0.2) is 22.7 Å². The molecule has 0 atom stereocenters. The van der Waals surface area contributed by atoms with Gasteiger partial charge in [-0.25, -0.2) is 0 Å². The number of benzene rings is 1. The van der Waals surface area contributed by atoms with E-state index < -0.39 is 0 Å². The normalized spacial score (nSPS) is 15.4. The average Bonchev–Trinajstić information content (AvgIpc) is 3.07. The molecule has 16 heavy (non-hydrogen) atoms. The lowest BCUT2D eigenvalue weighted by molar-refractivity contribution is 0.620. The van der Waals surface area contributed by atoms with E-state index in [1.807, 2.05) is 0 Å². The van der Waals surface area contributed by atoms with Crippen LogP contribution in [0.25, 0.3) is 0 Å². The van der Waals surface area contributed by atoms with E-state index in [0.717, 1.165) is 6.04 Å². The molecule has 1 aliphatic carbocycles. The maximum Gasteiger partial charge on any atom is 0.0207 e. The fourth-order valence-corrected chi connectivity index (χ4v) is 2.27.